The second-order valence-corrected chi connectivity index (χ2v) is 6.83. The molecule has 0 aromatic rings. The van der Waals surface area contributed by atoms with Gasteiger partial charge in [-0.25, -0.2) is 0 Å². The van der Waals surface area contributed by atoms with Crippen LogP contribution in [0.2, 0.25) is 5.32 Å². The monoisotopic (exact) mass is 282 g/mol. The molecule has 1 atom stereocenters. The van der Waals surface area contributed by atoms with E-state index in [-0.39, 0.29) is 0 Å². The minimum absolute atomic E-state index is 0.798. The van der Waals surface area contributed by atoms with Crippen LogP contribution in [0, 0.1) is 0 Å². The molecule has 0 N–H and O–H groups in total. The van der Waals surface area contributed by atoms with Gasteiger partial charge in [0.05, 0.1) is 0 Å². The summed E-state index contributed by atoms with van der Waals surface area (Å²) in [4.78, 5) is 0. The van der Waals surface area contributed by atoms with Crippen molar-refractivity contribution in [3.05, 3.63) is 0 Å². The molecule has 0 aliphatic rings. The maximum atomic E-state index is 11.0. The van der Waals surface area contributed by atoms with Crippen molar-refractivity contribution in [2.45, 2.75) is 70.0 Å². The van der Waals surface area contributed by atoms with E-state index in [1.54, 1.807) is 7.11 Å². The molecule has 0 amide bonds. The Morgan fingerprint density at radius 2 is 1.33 bits per heavy atom. The number of hydrogen-bond acceptors (Lipinski definition) is 2. The average Bonchev–Trinajstić information content (AvgIpc) is 2.26. The molecule has 3 heteroatoms. The van der Waals surface area contributed by atoms with Crippen molar-refractivity contribution in [3.8, 4) is 0 Å². The molecule has 0 aromatic carbocycles. The van der Waals surface area contributed by atoms with Gasteiger partial charge < -0.3 is 0 Å². The Hall–Kier alpha value is 0.279. The topological polar surface area (TPSA) is 26.3 Å². The van der Waals surface area contributed by atoms with Crippen LogP contribution in [0.4, 0.5) is 0 Å². The van der Waals surface area contributed by atoms with Gasteiger partial charge in [-0.1, -0.05) is 0 Å². The predicted octanol–water partition coefficient (Wildman–Crippen LogP) is 4.08. The van der Waals surface area contributed by atoms with Crippen LogP contribution in [-0.4, -0.2) is 21.3 Å². The van der Waals surface area contributed by atoms with Gasteiger partial charge >= 0.3 is 99.0 Å². The van der Waals surface area contributed by atoms with E-state index in [0.717, 1.165) is 11.7 Å². The SMILES string of the molecule is CCCCCCCCCCC[Se](=O)OC. The molecule has 0 heterocycles. The first-order chi connectivity index (χ1) is 7.31. The van der Waals surface area contributed by atoms with E-state index in [1.807, 2.05) is 0 Å². The summed E-state index contributed by atoms with van der Waals surface area (Å²) in [5.41, 5.74) is 0. The van der Waals surface area contributed by atoms with Gasteiger partial charge in [0.25, 0.3) is 0 Å². The van der Waals surface area contributed by atoms with Gasteiger partial charge in [-0.15, -0.1) is 0 Å². The van der Waals surface area contributed by atoms with Crippen molar-refractivity contribution in [1.29, 1.82) is 0 Å². The molecule has 0 spiro atoms. The zero-order valence-electron chi connectivity index (χ0n) is 10.3. The minimum atomic E-state index is -1.88. The molecule has 0 aliphatic carbocycles. The van der Waals surface area contributed by atoms with E-state index in [9.17, 15) is 3.83 Å². The molecule has 0 fully saturated rings. The molecule has 0 radical (unpaired) electrons. The Bertz CT molecular complexity index is 149. The third kappa shape index (κ3) is 12.2. The summed E-state index contributed by atoms with van der Waals surface area (Å²) in [6.07, 6.45) is 11.8. The van der Waals surface area contributed by atoms with Crippen LogP contribution in [0.25, 0.3) is 0 Å². The zero-order valence-corrected chi connectivity index (χ0v) is 12.0. The van der Waals surface area contributed by atoms with Gasteiger partial charge in [0.2, 0.25) is 0 Å². The van der Waals surface area contributed by atoms with Crippen LogP contribution in [-0.2, 0) is 7.65 Å². The summed E-state index contributed by atoms with van der Waals surface area (Å²) >= 11 is -1.88. The Morgan fingerprint density at radius 3 is 1.80 bits per heavy atom. The van der Waals surface area contributed by atoms with E-state index in [2.05, 4.69) is 6.92 Å². The van der Waals surface area contributed by atoms with Crippen molar-refractivity contribution in [1.82, 2.24) is 0 Å². The number of hydrogen-bond donors (Lipinski definition) is 0. The van der Waals surface area contributed by atoms with Crippen LogP contribution < -0.4 is 0 Å². The van der Waals surface area contributed by atoms with Gasteiger partial charge in [-0.2, -0.15) is 0 Å². The molecule has 0 aromatic heterocycles. The molecule has 0 rings (SSSR count). The molecule has 15 heavy (non-hydrogen) atoms. The maximum absolute atomic E-state index is 11.0. The molecule has 92 valence electrons. The normalized spacial score (nSPS) is 12.9. The number of rotatable bonds is 11. The van der Waals surface area contributed by atoms with Crippen LogP contribution >= 0.6 is 0 Å². The van der Waals surface area contributed by atoms with E-state index in [0.29, 0.717) is 0 Å². The van der Waals surface area contributed by atoms with E-state index < -0.39 is 14.2 Å². The Balaban J connectivity index is 2.95. The second kappa shape index (κ2) is 12.3. The summed E-state index contributed by atoms with van der Waals surface area (Å²) in [6.45, 7) is 2.25. The quantitative estimate of drug-likeness (QED) is 0.421. The van der Waals surface area contributed by atoms with Crippen molar-refractivity contribution in [3.63, 3.8) is 0 Å². The third-order valence-corrected chi connectivity index (χ3v) is 4.69. The Labute approximate surface area is 99.2 Å². The first kappa shape index (κ1) is 15.3. The molecule has 0 bridgehead atoms. The fourth-order valence-corrected chi connectivity index (χ4v) is 2.89. The van der Waals surface area contributed by atoms with Crippen LogP contribution in [0.5, 0.6) is 0 Å². The molecular formula is C12H26O2Se. The van der Waals surface area contributed by atoms with Gasteiger partial charge in [0, 0.05) is 0 Å². The molecule has 1 unspecified atom stereocenters. The van der Waals surface area contributed by atoms with Gasteiger partial charge in [-0.3, -0.25) is 0 Å². The van der Waals surface area contributed by atoms with Crippen LogP contribution in [0.3, 0.4) is 0 Å². The van der Waals surface area contributed by atoms with Crippen molar-refractivity contribution in [2.24, 2.45) is 0 Å². The van der Waals surface area contributed by atoms with E-state index in [4.69, 9.17) is 3.82 Å². The predicted molar refractivity (Wildman–Crippen MR) is 65.5 cm³/mol. The summed E-state index contributed by atoms with van der Waals surface area (Å²) in [7, 11) is 1.55. The molecule has 0 aliphatic heterocycles. The fourth-order valence-electron chi connectivity index (χ4n) is 1.61. The zero-order chi connectivity index (χ0) is 11.4. The Morgan fingerprint density at radius 1 is 0.867 bits per heavy atom. The van der Waals surface area contributed by atoms with Gasteiger partial charge in [0.1, 0.15) is 0 Å². The Kier molecular flexibility index (Phi) is 12.6. The van der Waals surface area contributed by atoms with Crippen molar-refractivity contribution in [2.75, 3.05) is 7.11 Å². The molecular weight excluding hydrogens is 255 g/mol. The average molecular weight is 281 g/mol. The van der Waals surface area contributed by atoms with Crippen molar-refractivity contribution < 1.29 is 7.65 Å². The summed E-state index contributed by atoms with van der Waals surface area (Å²) in [5, 5.41) is 0.798. The fraction of sp³-hybridized carbons (Fsp3) is 1.00. The van der Waals surface area contributed by atoms with Gasteiger partial charge in [-0.05, 0) is 0 Å². The number of unbranched alkanes of at least 4 members (excludes halogenated alkanes) is 8. The third-order valence-electron chi connectivity index (χ3n) is 2.60. The first-order valence-electron chi connectivity index (χ1n) is 6.24. The van der Waals surface area contributed by atoms with Crippen LogP contribution in [0.1, 0.15) is 64.7 Å². The van der Waals surface area contributed by atoms with Crippen LogP contribution in [0.15, 0.2) is 0 Å². The van der Waals surface area contributed by atoms with Gasteiger partial charge in [0.15, 0.2) is 0 Å². The molecule has 0 saturated carbocycles. The van der Waals surface area contributed by atoms with E-state index >= 15 is 0 Å². The summed E-state index contributed by atoms with van der Waals surface area (Å²) in [5.74, 6) is 0. The molecule has 2 nitrogen and oxygen atoms in total. The van der Waals surface area contributed by atoms with E-state index in [1.165, 1.54) is 51.4 Å². The summed E-state index contributed by atoms with van der Waals surface area (Å²) < 4.78 is 15.8. The second-order valence-electron chi connectivity index (χ2n) is 4.00. The summed E-state index contributed by atoms with van der Waals surface area (Å²) in [6, 6.07) is 0. The van der Waals surface area contributed by atoms with Crippen molar-refractivity contribution >= 4 is 14.2 Å². The molecule has 0 saturated heterocycles. The standard InChI is InChI=1S/C12H26O2Se/c1-3-4-5-6-7-8-9-10-11-12-15(13)14-2/h3-12H2,1-2H3. The first-order valence-corrected chi connectivity index (χ1v) is 8.85.